The molecule has 4 rings (SSSR count). The molecule has 1 amide bonds. The number of nitrogens with zero attached hydrogens (tertiary/aromatic N) is 1. The number of anilines is 1. The summed E-state index contributed by atoms with van der Waals surface area (Å²) in [6, 6.07) is 12.0. The smallest absolute Gasteiger partial charge is 0.293 e. The minimum atomic E-state index is -0.271. The number of carbonyl (C=O) groups is 1. The van der Waals surface area contributed by atoms with Crippen molar-refractivity contribution in [3.8, 4) is 0 Å². The highest BCUT2D eigenvalue weighted by Crippen LogP contribution is 2.32. The quantitative estimate of drug-likeness (QED) is 0.588. The first-order valence-corrected chi connectivity index (χ1v) is 7.74. The molecule has 0 bridgehead atoms. The molecule has 2 heterocycles. The lowest BCUT2D eigenvalue weighted by Gasteiger charge is -1.98. The molecule has 0 aliphatic heterocycles. The number of hydrogen-bond acceptors (Lipinski definition) is 4. The van der Waals surface area contributed by atoms with E-state index in [0.29, 0.717) is 10.9 Å². The summed E-state index contributed by atoms with van der Waals surface area (Å²) >= 11 is 1.38. The Labute approximate surface area is 130 Å². The highest BCUT2D eigenvalue weighted by Gasteiger charge is 2.19. The molecule has 4 nitrogen and oxygen atoms in total. The van der Waals surface area contributed by atoms with Crippen molar-refractivity contribution in [3.05, 3.63) is 59.3 Å². The van der Waals surface area contributed by atoms with Crippen LogP contribution in [-0.4, -0.2) is 10.9 Å². The van der Waals surface area contributed by atoms with Crippen LogP contribution in [-0.2, 0) is 0 Å². The molecule has 1 N–H and O–H groups in total. The number of hydrogen-bond donors (Lipinski definition) is 1. The van der Waals surface area contributed by atoms with Crippen LogP contribution in [0.15, 0.2) is 52.4 Å². The van der Waals surface area contributed by atoms with Crippen LogP contribution in [0.2, 0.25) is 0 Å². The number of benzene rings is 2. The Morgan fingerprint density at radius 2 is 2.05 bits per heavy atom. The van der Waals surface area contributed by atoms with E-state index in [9.17, 15) is 4.79 Å². The Kier molecular flexibility index (Phi) is 2.94. The first-order chi connectivity index (χ1) is 10.7. The molecule has 2 aromatic heterocycles. The summed E-state index contributed by atoms with van der Waals surface area (Å²) < 4.78 is 5.89. The second-order valence-corrected chi connectivity index (χ2v) is 5.91. The molecule has 0 spiro atoms. The number of rotatable bonds is 2. The molecule has 5 heteroatoms. The predicted octanol–water partition coefficient (Wildman–Crippen LogP) is 4.60. The second-order valence-electron chi connectivity index (χ2n) is 5.01. The third kappa shape index (κ3) is 1.98. The van der Waals surface area contributed by atoms with Gasteiger partial charge in [-0.3, -0.25) is 10.1 Å². The maximum atomic E-state index is 12.4. The summed E-state index contributed by atoms with van der Waals surface area (Å²) in [6.45, 7) is 1.90. The number of amides is 1. The Morgan fingerprint density at radius 3 is 2.86 bits per heavy atom. The monoisotopic (exact) mass is 308 g/mol. The lowest BCUT2D eigenvalue weighted by atomic mass is 10.1. The van der Waals surface area contributed by atoms with Crippen LogP contribution in [0.5, 0.6) is 0 Å². The lowest BCUT2D eigenvalue weighted by molar-refractivity contribution is 0.0998. The van der Waals surface area contributed by atoms with Gasteiger partial charge in [-0.15, -0.1) is 11.3 Å². The fourth-order valence-corrected chi connectivity index (χ4v) is 3.13. The molecule has 4 aromatic rings. The van der Waals surface area contributed by atoms with Crippen molar-refractivity contribution in [2.45, 2.75) is 6.92 Å². The number of furan rings is 1. The summed E-state index contributed by atoms with van der Waals surface area (Å²) in [7, 11) is 0. The van der Waals surface area contributed by atoms with Gasteiger partial charge >= 0.3 is 0 Å². The average molecular weight is 308 g/mol. The van der Waals surface area contributed by atoms with Gasteiger partial charge < -0.3 is 4.42 Å². The number of fused-ring (bicyclic) bond motifs is 3. The average Bonchev–Trinajstić information content (AvgIpc) is 3.15. The number of carbonyl (C=O) groups excluding carboxylic acids is 1. The van der Waals surface area contributed by atoms with Crippen LogP contribution in [0.25, 0.3) is 21.7 Å². The van der Waals surface area contributed by atoms with Crippen LogP contribution in [0.1, 0.15) is 16.1 Å². The number of nitrogens with one attached hydrogen (secondary N) is 1. The highest BCUT2D eigenvalue weighted by molar-refractivity contribution is 7.13. The molecule has 0 radical (unpaired) electrons. The van der Waals surface area contributed by atoms with Crippen molar-refractivity contribution in [3.63, 3.8) is 0 Å². The van der Waals surface area contributed by atoms with Crippen LogP contribution in [0, 0.1) is 6.92 Å². The first kappa shape index (κ1) is 13.0. The van der Waals surface area contributed by atoms with E-state index in [4.69, 9.17) is 4.42 Å². The van der Waals surface area contributed by atoms with Gasteiger partial charge in [-0.2, -0.15) is 0 Å². The zero-order valence-electron chi connectivity index (χ0n) is 11.8. The topological polar surface area (TPSA) is 55.1 Å². The molecule has 0 saturated carbocycles. The van der Waals surface area contributed by atoms with Crippen molar-refractivity contribution in [1.82, 2.24) is 4.98 Å². The molecule has 2 aromatic carbocycles. The maximum Gasteiger partial charge on any atom is 0.293 e. The zero-order chi connectivity index (χ0) is 15.1. The van der Waals surface area contributed by atoms with E-state index in [2.05, 4.69) is 10.3 Å². The summed E-state index contributed by atoms with van der Waals surface area (Å²) in [4.78, 5) is 16.5. The van der Waals surface area contributed by atoms with Crippen molar-refractivity contribution < 1.29 is 9.21 Å². The van der Waals surface area contributed by atoms with Crippen LogP contribution in [0.4, 0.5) is 5.13 Å². The summed E-state index contributed by atoms with van der Waals surface area (Å²) in [6.07, 6.45) is 1.65. The van der Waals surface area contributed by atoms with Crippen molar-refractivity contribution in [1.29, 1.82) is 0 Å². The second kappa shape index (κ2) is 4.96. The molecular weight excluding hydrogens is 296 g/mol. The van der Waals surface area contributed by atoms with Gasteiger partial charge in [0.25, 0.3) is 5.91 Å². The normalized spacial score (nSPS) is 11.1. The summed E-state index contributed by atoms with van der Waals surface area (Å²) in [5.74, 6) is 0.0642. The molecular formula is C17H12N2O2S. The summed E-state index contributed by atoms with van der Waals surface area (Å²) in [5.41, 5.74) is 1.59. The predicted molar refractivity (Wildman–Crippen MR) is 88.5 cm³/mol. The Bertz CT molecular complexity index is 987. The van der Waals surface area contributed by atoms with E-state index in [-0.39, 0.29) is 5.91 Å². The van der Waals surface area contributed by atoms with Crippen LogP contribution in [0.3, 0.4) is 0 Å². The molecule has 0 aliphatic rings. The van der Waals surface area contributed by atoms with E-state index in [1.807, 2.05) is 48.7 Å². The fourth-order valence-electron chi connectivity index (χ4n) is 2.60. The SMILES string of the molecule is Cc1c(C(=O)Nc2nccs2)oc2c1ccc1ccccc12. The van der Waals surface area contributed by atoms with Gasteiger partial charge in [0.2, 0.25) is 0 Å². The van der Waals surface area contributed by atoms with Gasteiger partial charge in [0, 0.05) is 27.9 Å². The molecule has 0 fully saturated rings. The highest BCUT2D eigenvalue weighted by atomic mass is 32.1. The van der Waals surface area contributed by atoms with Crippen molar-refractivity contribution in [2.75, 3.05) is 5.32 Å². The third-order valence-electron chi connectivity index (χ3n) is 3.69. The molecule has 108 valence electrons. The van der Waals surface area contributed by atoms with Gasteiger partial charge in [0.1, 0.15) is 5.58 Å². The fraction of sp³-hybridized carbons (Fsp3) is 0.0588. The largest absolute Gasteiger partial charge is 0.450 e. The van der Waals surface area contributed by atoms with Gasteiger partial charge in [-0.1, -0.05) is 36.4 Å². The standard InChI is InChI=1S/C17H12N2O2S/c1-10-12-7-6-11-4-2-3-5-13(11)15(12)21-14(10)16(20)19-17-18-8-9-22-17/h2-9H,1H3,(H,18,19,20). The van der Waals surface area contributed by atoms with E-state index in [0.717, 1.165) is 27.3 Å². The molecule has 0 unspecified atom stereocenters. The van der Waals surface area contributed by atoms with Gasteiger partial charge in [-0.25, -0.2) is 4.98 Å². The molecule has 0 atom stereocenters. The van der Waals surface area contributed by atoms with E-state index >= 15 is 0 Å². The minimum Gasteiger partial charge on any atom is -0.450 e. The number of aromatic nitrogens is 1. The Hall–Kier alpha value is -2.66. The van der Waals surface area contributed by atoms with E-state index in [1.54, 1.807) is 6.20 Å². The van der Waals surface area contributed by atoms with E-state index in [1.165, 1.54) is 11.3 Å². The van der Waals surface area contributed by atoms with Gasteiger partial charge in [0.15, 0.2) is 10.9 Å². The Balaban J connectivity index is 1.86. The maximum absolute atomic E-state index is 12.4. The number of thiazole rings is 1. The number of aryl methyl sites for hydroxylation is 1. The first-order valence-electron chi connectivity index (χ1n) is 6.86. The van der Waals surface area contributed by atoms with Crippen LogP contribution >= 0.6 is 11.3 Å². The molecule has 0 aliphatic carbocycles. The lowest BCUT2D eigenvalue weighted by Crippen LogP contribution is -2.11. The Morgan fingerprint density at radius 1 is 1.18 bits per heavy atom. The van der Waals surface area contributed by atoms with Gasteiger partial charge in [0.05, 0.1) is 0 Å². The minimum absolute atomic E-state index is 0.271. The van der Waals surface area contributed by atoms with Crippen molar-refractivity contribution in [2.24, 2.45) is 0 Å². The van der Waals surface area contributed by atoms with Gasteiger partial charge in [-0.05, 0) is 12.3 Å². The van der Waals surface area contributed by atoms with E-state index < -0.39 is 0 Å². The summed E-state index contributed by atoms with van der Waals surface area (Å²) in [5, 5.41) is 8.21. The molecule has 0 saturated heterocycles. The zero-order valence-corrected chi connectivity index (χ0v) is 12.6. The third-order valence-corrected chi connectivity index (χ3v) is 4.38. The van der Waals surface area contributed by atoms with Crippen LogP contribution < -0.4 is 5.32 Å². The molecule has 22 heavy (non-hydrogen) atoms. The van der Waals surface area contributed by atoms with Crippen molar-refractivity contribution >= 4 is 44.1 Å².